The lowest BCUT2D eigenvalue weighted by atomic mass is 9.89. The average Bonchev–Trinajstić information content (AvgIpc) is 2.94. The zero-order valence-electron chi connectivity index (χ0n) is 24.7. The molecule has 2 fully saturated rings. The topological polar surface area (TPSA) is 120 Å². The maximum atomic E-state index is 13.1. The molecule has 2 N–H and O–H groups in total. The summed E-state index contributed by atoms with van der Waals surface area (Å²) in [4.78, 5) is 36.3. The number of allylic oxidation sites excluding steroid dienone is 4. The highest BCUT2D eigenvalue weighted by molar-refractivity contribution is 5.82. The van der Waals surface area contributed by atoms with Crippen LogP contribution in [0, 0.1) is 11.8 Å². The molecule has 0 saturated carbocycles. The second kappa shape index (κ2) is 17.3. The van der Waals surface area contributed by atoms with Gasteiger partial charge >= 0.3 is 11.9 Å². The van der Waals surface area contributed by atoms with Crippen LogP contribution in [0.4, 0.5) is 0 Å². The molecule has 0 aromatic carbocycles. The SMILES string of the molecule is COC(=O)/C=C1\CC2CC(=O)OC(/C=C/C=C\CCCC(=O)NO)C(C)/C=C/C(C)CC3CCCC(CC(C1)O2)O3. The fourth-order valence-electron chi connectivity index (χ4n) is 5.72. The third kappa shape index (κ3) is 11.9. The highest BCUT2D eigenvalue weighted by Gasteiger charge is 2.33. The first-order chi connectivity index (χ1) is 19.7. The van der Waals surface area contributed by atoms with Crippen molar-refractivity contribution in [3.05, 3.63) is 48.1 Å². The fraction of sp³-hybridized carbons (Fsp3) is 0.656. The van der Waals surface area contributed by atoms with Crippen LogP contribution < -0.4 is 5.48 Å². The second-order valence-electron chi connectivity index (χ2n) is 11.5. The van der Waals surface area contributed by atoms with Gasteiger partial charge in [0.05, 0.1) is 37.9 Å². The van der Waals surface area contributed by atoms with Gasteiger partial charge in [-0.1, -0.05) is 49.8 Å². The van der Waals surface area contributed by atoms with Crippen molar-refractivity contribution in [3.8, 4) is 0 Å². The van der Waals surface area contributed by atoms with Gasteiger partial charge in [-0.25, -0.2) is 10.3 Å². The van der Waals surface area contributed by atoms with Gasteiger partial charge in [0.25, 0.3) is 0 Å². The van der Waals surface area contributed by atoms with Crippen LogP contribution in [-0.4, -0.2) is 60.7 Å². The quantitative estimate of drug-likeness (QED) is 0.0803. The molecule has 0 radical (unpaired) electrons. The maximum Gasteiger partial charge on any atom is 0.330 e. The minimum Gasteiger partial charge on any atom is -0.466 e. The Bertz CT molecular complexity index is 986. The molecule has 228 valence electrons. The van der Waals surface area contributed by atoms with E-state index in [1.165, 1.54) is 13.2 Å². The van der Waals surface area contributed by atoms with E-state index in [0.717, 1.165) is 37.7 Å². The van der Waals surface area contributed by atoms with Gasteiger partial charge in [-0.2, -0.15) is 0 Å². The van der Waals surface area contributed by atoms with Crippen LogP contribution in [-0.2, 0) is 33.3 Å². The Morgan fingerprint density at radius 3 is 2.51 bits per heavy atom. The number of carbonyl (C=O) groups excluding carboxylic acids is 3. The van der Waals surface area contributed by atoms with Crippen molar-refractivity contribution < 1.29 is 38.5 Å². The molecule has 3 aliphatic rings. The van der Waals surface area contributed by atoms with Crippen LogP contribution >= 0.6 is 0 Å². The summed E-state index contributed by atoms with van der Waals surface area (Å²) in [6.45, 7) is 4.22. The summed E-state index contributed by atoms with van der Waals surface area (Å²) < 4.78 is 23.7. The first kappa shape index (κ1) is 32.8. The van der Waals surface area contributed by atoms with Gasteiger partial charge in [0, 0.05) is 24.8 Å². The van der Waals surface area contributed by atoms with E-state index in [4.69, 9.17) is 24.2 Å². The van der Waals surface area contributed by atoms with Crippen LogP contribution in [0.5, 0.6) is 0 Å². The predicted molar refractivity (Wildman–Crippen MR) is 154 cm³/mol. The van der Waals surface area contributed by atoms with Crippen molar-refractivity contribution in [1.29, 1.82) is 0 Å². The molecule has 9 nitrogen and oxygen atoms in total. The summed E-state index contributed by atoms with van der Waals surface area (Å²) in [5.74, 6) is -0.895. The van der Waals surface area contributed by atoms with Crippen molar-refractivity contribution in [2.75, 3.05) is 7.11 Å². The number of rotatable bonds is 7. The number of hydroxylamine groups is 1. The number of hydrogen-bond acceptors (Lipinski definition) is 8. The van der Waals surface area contributed by atoms with Crippen molar-refractivity contribution in [3.63, 3.8) is 0 Å². The summed E-state index contributed by atoms with van der Waals surface area (Å²) >= 11 is 0. The molecule has 0 aromatic rings. The van der Waals surface area contributed by atoms with Crippen LogP contribution in [0.3, 0.4) is 0 Å². The van der Waals surface area contributed by atoms with E-state index < -0.39 is 24.1 Å². The number of fused-ring (bicyclic) bond motifs is 4. The minimum atomic E-state index is -0.469. The van der Waals surface area contributed by atoms with E-state index in [9.17, 15) is 14.4 Å². The zero-order valence-corrected chi connectivity index (χ0v) is 24.7. The Balaban J connectivity index is 1.75. The van der Waals surface area contributed by atoms with Crippen molar-refractivity contribution in [2.24, 2.45) is 11.8 Å². The zero-order chi connectivity index (χ0) is 29.6. The molecule has 7 unspecified atom stereocenters. The summed E-state index contributed by atoms with van der Waals surface area (Å²) in [6, 6.07) is 0. The fourth-order valence-corrected chi connectivity index (χ4v) is 5.72. The summed E-state index contributed by atoms with van der Waals surface area (Å²) in [5.41, 5.74) is 2.55. The normalized spacial score (nSPS) is 33.4. The van der Waals surface area contributed by atoms with E-state index in [-0.39, 0.29) is 43.0 Å². The Kier molecular flexibility index (Phi) is 13.8. The van der Waals surface area contributed by atoms with E-state index >= 15 is 0 Å². The molecule has 3 heterocycles. The second-order valence-corrected chi connectivity index (χ2v) is 11.5. The van der Waals surface area contributed by atoms with Crippen molar-refractivity contribution >= 4 is 17.8 Å². The molecule has 3 rings (SSSR count). The molecule has 4 bridgehead atoms. The first-order valence-electron chi connectivity index (χ1n) is 15.0. The first-order valence-corrected chi connectivity index (χ1v) is 15.0. The van der Waals surface area contributed by atoms with Gasteiger partial charge in [0.15, 0.2) is 0 Å². The van der Waals surface area contributed by atoms with E-state index in [1.807, 2.05) is 31.2 Å². The van der Waals surface area contributed by atoms with E-state index in [0.29, 0.717) is 31.6 Å². The third-order valence-corrected chi connectivity index (χ3v) is 7.86. The molecule has 41 heavy (non-hydrogen) atoms. The number of cyclic esters (lactones) is 1. The number of unbranched alkanes of at least 4 members (excludes halogenated alkanes) is 1. The highest BCUT2D eigenvalue weighted by atomic mass is 16.6. The number of methoxy groups -OCH3 is 1. The van der Waals surface area contributed by atoms with Crippen molar-refractivity contribution in [1.82, 2.24) is 5.48 Å². The highest BCUT2D eigenvalue weighted by Crippen LogP contribution is 2.33. The molecular formula is C32H47NO8. The molecule has 1 amide bonds. The average molecular weight is 574 g/mol. The number of hydrogen-bond donors (Lipinski definition) is 2. The van der Waals surface area contributed by atoms with Crippen LogP contribution in [0.2, 0.25) is 0 Å². The molecule has 2 saturated heterocycles. The van der Waals surface area contributed by atoms with Crippen LogP contribution in [0.15, 0.2) is 48.1 Å². The number of nitrogens with one attached hydrogen (secondary N) is 1. The number of esters is 2. The summed E-state index contributed by atoms with van der Waals surface area (Å²) in [7, 11) is 1.36. The standard InChI is InChI=1S/C32H47NO8/c1-22-14-15-23(2)29(12-7-5-4-6-8-13-30(34)33-37)41-32(36)21-28-18-24(19-31(35)38-3)17-27(40-28)20-26-11-9-10-25(16-22)39-26/h4-5,7,12,14-15,19,22-23,25-29,37H,6,8-11,13,16-18,20-21H2,1-3H3,(H,33,34)/b5-4-,12-7+,15-14+,24-19-. The maximum absolute atomic E-state index is 13.1. The summed E-state index contributed by atoms with van der Waals surface area (Å²) in [5, 5.41) is 8.59. The predicted octanol–water partition coefficient (Wildman–Crippen LogP) is 5.28. The molecule has 0 spiro atoms. The molecule has 9 heteroatoms. The third-order valence-electron chi connectivity index (χ3n) is 7.86. The molecule has 7 atom stereocenters. The number of carbonyl (C=O) groups is 3. The van der Waals surface area contributed by atoms with Crippen molar-refractivity contribution in [2.45, 2.75) is 115 Å². The molecule has 0 aromatic heterocycles. The van der Waals surface area contributed by atoms with E-state index in [2.05, 4.69) is 19.1 Å². The van der Waals surface area contributed by atoms with Gasteiger partial charge in [0.1, 0.15) is 6.10 Å². The molecule has 0 aliphatic carbocycles. The Hall–Kier alpha value is -2.75. The van der Waals surface area contributed by atoms with Gasteiger partial charge in [-0.05, 0) is 63.4 Å². The minimum absolute atomic E-state index is 0.0537. The van der Waals surface area contributed by atoms with Crippen LogP contribution in [0.1, 0.15) is 84.5 Å². The lowest BCUT2D eigenvalue weighted by molar-refractivity contribution is -0.154. The van der Waals surface area contributed by atoms with Gasteiger partial charge in [0.2, 0.25) is 5.91 Å². The lowest BCUT2D eigenvalue weighted by Gasteiger charge is -2.37. The Morgan fingerprint density at radius 2 is 1.76 bits per heavy atom. The summed E-state index contributed by atoms with van der Waals surface area (Å²) in [6.07, 6.45) is 20.2. The monoisotopic (exact) mass is 573 g/mol. The number of amides is 1. The van der Waals surface area contributed by atoms with Gasteiger partial charge in [-0.3, -0.25) is 14.8 Å². The van der Waals surface area contributed by atoms with Gasteiger partial charge in [-0.15, -0.1) is 0 Å². The molecular weight excluding hydrogens is 526 g/mol. The largest absolute Gasteiger partial charge is 0.466 e. The van der Waals surface area contributed by atoms with E-state index in [1.54, 1.807) is 5.48 Å². The van der Waals surface area contributed by atoms with Crippen LogP contribution in [0.25, 0.3) is 0 Å². The molecule has 3 aliphatic heterocycles. The number of ether oxygens (including phenoxy) is 4. The smallest absolute Gasteiger partial charge is 0.330 e. The van der Waals surface area contributed by atoms with Gasteiger partial charge < -0.3 is 18.9 Å². The lowest BCUT2D eigenvalue weighted by Crippen LogP contribution is -2.37. The Labute approximate surface area is 244 Å². The Morgan fingerprint density at radius 1 is 1.02 bits per heavy atom.